The van der Waals surface area contributed by atoms with Gasteiger partial charge in [-0.3, -0.25) is 0 Å². The zero-order valence-electron chi connectivity index (χ0n) is 8.81. The lowest BCUT2D eigenvalue weighted by Gasteiger charge is -2.37. The molecule has 2 saturated carbocycles. The van der Waals surface area contributed by atoms with Crippen LogP contribution in [0.5, 0.6) is 0 Å². The van der Waals surface area contributed by atoms with Crippen LogP contribution in [0.2, 0.25) is 0 Å². The van der Waals surface area contributed by atoms with Gasteiger partial charge in [0.05, 0.1) is 12.2 Å². The molecule has 0 aromatic rings. The van der Waals surface area contributed by atoms with Gasteiger partial charge in [-0.05, 0) is 52.5 Å². The fourth-order valence-corrected chi connectivity index (χ4v) is 2.09. The molecule has 0 heterocycles. The first-order valence-electron chi connectivity index (χ1n) is 5.56. The van der Waals surface area contributed by atoms with Crippen LogP contribution in [0.1, 0.15) is 45.4 Å². The molecular weight excluding hydrogens is 162 g/mol. The minimum atomic E-state index is 0.378. The van der Waals surface area contributed by atoms with Crippen molar-refractivity contribution in [1.82, 2.24) is 5.32 Å². The van der Waals surface area contributed by atoms with Crippen LogP contribution in [0.4, 0.5) is 0 Å². The zero-order chi connectivity index (χ0) is 9.31. The Balaban J connectivity index is 1.74. The predicted molar refractivity (Wildman–Crippen MR) is 53.8 cm³/mol. The van der Waals surface area contributed by atoms with E-state index in [-0.39, 0.29) is 0 Å². The van der Waals surface area contributed by atoms with Crippen molar-refractivity contribution < 1.29 is 4.74 Å². The molecule has 0 radical (unpaired) electrons. The molecule has 0 aliphatic heterocycles. The summed E-state index contributed by atoms with van der Waals surface area (Å²) in [5, 5.41) is 3.41. The van der Waals surface area contributed by atoms with Gasteiger partial charge in [0.2, 0.25) is 0 Å². The van der Waals surface area contributed by atoms with E-state index in [4.69, 9.17) is 4.74 Å². The minimum absolute atomic E-state index is 0.378. The second kappa shape index (κ2) is 3.58. The van der Waals surface area contributed by atoms with Crippen LogP contribution >= 0.6 is 0 Å². The average molecular weight is 183 g/mol. The summed E-state index contributed by atoms with van der Waals surface area (Å²) < 4.78 is 5.91. The Kier molecular flexibility index (Phi) is 2.61. The monoisotopic (exact) mass is 183 g/mol. The zero-order valence-corrected chi connectivity index (χ0v) is 8.81. The summed E-state index contributed by atoms with van der Waals surface area (Å²) >= 11 is 0. The van der Waals surface area contributed by atoms with Crippen LogP contribution < -0.4 is 5.32 Å². The lowest BCUT2D eigenvalue weighted by molar-refractivity contribution is 0.000701. The van der Waals surface area contributed by atoms with Crippen molar-refractivity contribution in [3.8, 4) is 0 Å². The van der Waals surface area contributed by atoms with Gasteiger partial charge in [0, 0.05) is 5.54 Å². The predicted octanol–water partition coefficient (Wildman–Crippen LogP) is 2.09. The number of hydrogen-bond acceptors (Lipinski definition) is 2. The van der Waals surface area contributed by atoms with E-state index in [0.29, 0.717) is 17.7 Å². The van der Waals surface area contributed by atoms with Crippen LogP contribution in [-0.4, -0.2) is 24.8 Å². The molecule has 2 aliphatic carbocycles. The summed E-state index contributed by atoms with van der Waals surface area (Å²) in [5.41, 5.74) is 0.378. The lowest BCUT2D eigenvalue weighted by Crippen LogP contribution is -2.44. The Labute approximate surface area is 81.0 Å². The van der Waals surface area contributed by atoms with Crippen molar-refractivity contribution >= 4 is 0 Å². The maximum absolute atomic E-state index is 5.91. The summed E-state index contributed by atoms with van der Waals surface area (Å²) in [5.74, 6) is 0. The molecule has 0 aromatic heterocycles. The largest absolute Gasteiger partial charge is 0.375 e. The highest BCUT2D eigenvalue weighted by atomic mass is 16.5. The Morgan fingerprint density at radius 1 is 1.08 bits per heavy atom. The smallest absolute Gasteiger partial charge is 0.0580 e. The highest BCUT2D eigenvalue weighted by Crippen LogP contribution is 2.33. The fourth-order valence-electron chi connectivity index (χ4n) is 2.09. The number of hydrogen-bond donors (Lipinski definition) is 1. The van der Waals surface area contributed by atoms with Crippen molar-refractivity contribution in [1.29, 1.82) is 0 Å². The standard InChI is InChI=1S/C11H21NO/c1-11(12-2)7-5-10(6-8-11)13-9-3-4-9/h9-10,12H,3-8H2,1-2H3/t10-,11+. The molecule has 0 unspecified atom stereocenters. The highest BCUT2D eigenvalue weighted by Gasteiger charge is 2.33. The van der Waals surface area contributed by atoms with Gasteiger partial charge >= 0.3 is 0 Å². The van der Waals surface area contributed by atoms with E-state index < -0.39 is 0 Å². The minimum Gasteiger partial charge on any atom is -0.375 e. The summed E-state index contributed by atoms with van der Waals surface area (Å²) in [7, 11) is 2.07. The van der Waals surface area contributed by atoms with Crippen molar-refractivity contribution in [2.45, 2.75) is 63.2 Å². The molecule has 1 N–H and O–H groups in total. The molecule has 0 aromatic carbocycles. The van der Waals surface area contributed by atoms with Gasteiger partial charge in [-0.15, -0.1) is 0 Å². The maximum atomic E-state index is 5.91. The third-order valence-electron chi connectivity index (χ3n) is 3.55. The molecule has 13 heavy (non-hydrogen) atoms. The number of rotatable bonds is 3. The maximum Gasteiger partial charge on any atom is 0.0580 e. The molecule has 0 atom stereocenters. The first-order valence-corrected chi connectivity index (χ1v) is 5.56. The van der Waals surface area contributed by atoms with E-state index in [1.165, 1.54) is 38.5 Å². The molecule has 2 fully saturated rings. The van der Waals surface area contributed by atoms with Crippen LogP contribution in [0.25, 0.3) is 0 Å². The summed E-state index contributed by atoms with van der Waals surface area (Å²) in [6.45, 7) is 2.32. The molecule has 2 rings (SSSR count). The van der Waals surface area contributed by atoms with Crippen LogP contribution in [-0.2, 0) is 4.74 Å². The highest BCUT2D eigenvalue weighted by molar-refractivity contribution is 4.89. The van der Waals surface area contributed by atoms with E-state index in [9.17, 15) is 0 Å². The average Bonchev–Trinajstić information content (AvgIpc) is 2.93. The quantitative estimate of drug-likeness (QED) is 0.723. The first kappa shape index (κ1) is 9.47. The molecule has 0 bridgehead atoms. The van der Waals surface area contributed by atoms with E-state index in [0.717, 1.165) is 0 Å². The van der Waals surface area contributed by atoms with E-state index >= 15 is 0 Å². The van der Waals surface area contributed by atoms with Gasteiger partial charge in [0.25, 0.3) is 0 Å². The van der Waals surface area contributed by atoms with Gasteiger partial charge in [-0.1, -0.05) is 0 Å². The van der Waals surface area contributed by atoms with E-state index in [1.807, 2.05) is 0 Å². The van der Waals surface area contributed by atoms with Gasteiger partial charge < -0.3 is 10.1 Å². The van der Waals surface area contributed by atoms with Crippen LogP contribution in [0.15, 0.2) is 0 Å². The second-order valence-electron chi connectivity index (χ2n) is 4.85. The number of ether oxygens (including phenoxy) is 1. The number of nitrogens with one attached hydrogen (secondary N) is 1. The lowest BCUT2D eigenvalue weighted by atomic mass is 9.82. The molecule has 0 spiro atoms. The van der Waals surface area contributed by atoms with Gasteiger partial charge in [-0.25, -0.2) is 0 Å². The van der Waals surface area contributed by atoms with Crippen LogP contribution in [0.3, 0.4) is 0 Å². The molecular formula is C11H21NO. The topological polar surface area (TPSA) is 21.3 Å². The summed E-state index contributed by atoms with van der Waals surface area (Å²) in [6.07, 6.45) is 8.82. The summed E-state index contributed by atoms with van der Waals surface area (Å²) in [6, 6.07) is 0. The van der Waals surface area contributed by atoms with Crippen molar-refractivity contribution in [3.05, 3.63) is 0 Å². The second-order valence-corrected chi connectivity index (χ2v) is 4.85. The van der Waals surface area contributed by atoms with E-state index in [2.05, 4.69) is 19.3 Å². The van der Waals surface area contributed by atoms with Crippen LogP contribution in [0, 0.1) is 0 Å². The summed E-state index contributed by atoms with van der Waals surface area (Å²) in [4.78, 5) is 0. The molecule has 2 heteroatoms. The molecule has 2 aliphatic rings. The molecule has 2 nitrogen and oxygen atoms in total. The molecule has 76 valence electrons. The molecule has 0 amide bonds. The Hall–Kier alpha value is -0.0800. The van der Waals surface area contributed by atoms with E-state index in [1.54, 1.807) is 0 Å². The van der Waals surface area contributed by atoms with Crippen molar-refractivity contribution in [3.63, 3.8) is 0 Å². The Bertz CT molecular complexity index is 169. The normalized spacial score (nSPS) is 40.6. The first-order chi connectivity index (χ1) is 6.22. The van der Waals surface area contributed by atoms with Gasteiger partial charge in [0.15, 0.2) is 0 Å². The Morgan fingerprint density at radius 3 is 2.08 bits per heavy atom. The SMILES string of the molecule is CN[C@]1(C)CC[C@H](OC2CC2)CC1. The van der Waals surface area contributed by atoms with Crippen molar-refractivity contribution in [2.24, 2.45) is 0 Å². The molecule has 0 saturated heterocycles. The third kappa shape index (κ3) is 2.44. The fraction of sp³-hybridized carbons (Fsp3) is 1.00. The van der Waals surface area contributed by atoms with Gasteiger partial charge in [-0.2, -0.15) is 0 Å². The van der Waals surface area contributed by atoms with Crippen molar-refractivity contribution in [2.75, 3.05) is 7.05 Å². The third-order valence-corrected chi connectivity index (χ3v) is 3.55. The Morgan fingerprint density at radius 2 is 1.62 bits per heavy atom. The van der Waals surface area contributed by atoms with Gasteiger partial charge in [0.1, 0.15) is 0 Å².